The molecule has 0 aliphatic rings. The number of methoxy groups -OCH3 is 2. The molecular formula is C13H11BrN2O2. The van der Waals surface area contributed by atoms with Gasteiger partial charge in [-0.3, -0.25) is 5.10 Å². The van der Waals surface area contributed by atoms with Gasteiger partial charge in [0.15, 0.2) is 0 Å². The van der Waals surface area contributed by atoms with Crippen LogP contribution in [-0.2, 0) is 0 Å². The van der Waals surface area contributed by atoms with Gasteiger partial charge in [0.2, 0.25) is 0 Å². The highest BCUT2D eigenvalue weighted by atomic mass is 79.9. The molecule has 0 aliphatic heterocycles. The van der Waals surface area contributed by atoms with E-state index in [1.807, 2.05) is 12.1 Å². The summed E-state index contributed by atoms with van der Waals surface area (Å²) in [4.78, 5) is 0. The Hall–Kier alpha value is -1.93. The molecule has 0 saturated heterocycles. The van der Waals surface area contributed by atoms with Crippen molar-refractivity contribution in [3.8, 4) is 23.3 Å². The number of aromatic amines is 1. The molecule has 0 amide bonds. The molecule has 0 spiro atoms. The van der Waals surface area contributed by atoms with Crippen LogP contribution in [0.2, 0.25) is 0 Å². The van der Waals surface area contributed by atoms with E-state index in [-0.39, 0.29) is 0 Å². The maximum Gasteiger partial charge on any atom is 0.143 e. The third-order valence-corrected chi connectivity index (χ3v) is 2.89. The smallest absolute Gasteiger partial charge is 0.143 e. The van der Waals surface area contributed by atoms with Crippen molar-refractivity contribution < 1.29 is 9.47 Å². The van der Waals surface area contributed by atoms with Crippen molar-refractivity contribution in [1.82, 2.24) is 10.2 Å². The minimum absolute atomic E-state index is 0.699. The predicted molar refractivity (Wildman–Crippen MR) is 71.8 cm³/mol. The highest BCUT2D eigenvalue weighted by Crippen LogP contribution is 2.22. The van der Waals surface area contributed by atoms with E-state index in [9.17, 15) is 0 Å². The minimum atomic E-state index is 0.699. The number of rotatable bonds is 2. The van der Waals surface area contributed by atoms with Gasteiger partial charge in [-0.1, -0.05) is 11.8 Å². The summed E-state index contributed by atoms with van der Waals surface area (Å²) in [6, 6.07) is 5.51. The van der Waals surface area contributed by atoms with Crippen LogP contribution in [0.4, 0.5) is 0 Å². The van der Waals surface area contributed by atoms with Gasteiger partial charge in [-0.25, -0.2) is 0 Å². The van der Waals surface area contributed by atoms with Crippen molar-refractivity contribution in [2.24, 2.45) is 0 Å². The normalized spacial score (nSPS) is 9.50. The van der Waals surface area contributed by atoms with E-state index in [1.54, 1.807) is 26.5 Å². The van der Waals surface area contributed by atoms with E-state index < -0.39 is 0 Å². The number of nitrogens with one attached hydrogen (secondary N) is 1. The van der Waals surface area contributed by atoms with Gasteiger partial charge in [0.05, 0.1) is 19.8 Å². The largest absolute Gasteiger partial charge is 0.497 e. The number of benzene rings is 1. The van der Waals surface area contributed by atoms with Crippen molar-refractivity contribution in [1.29, 1.82) is 0 Å². The van der Waals surface area contributed by atoms with Crippen LogP contribution in [-0.4, -0.2) is 24.4 Å². The number of hydrogen-bond acceptors (Lipinski definition) is 3. The molecule has 1 aromatic heterocycles. The first-order valence-corrected chi connectivity index (χ1v) is 5.96. The number of ether oxygens (including phenoxy) is 2. The van der Waals surface area contributed by atoms with Gasteiger partial charge in [0.1, 0.15) is 16.1 Å². The summed E-state index contributed by atoms with van der Waals surface area (Å²) in [5.74, 6) is 7.47. The summed E-state index contributed by atoms with van der Waals surface area (Å²) in [6.07, 6.45) is 1.73. The molecule has 0 fully saturated rings. The van der Waals surface area contributed by atoms with E-state index in [0.717, 1.165) is 11.1 Å². The van der Waals surface area contributed by atoms with Gasteiger partial charge in [-0.2, -0.15) is 5.10 Å². The second-order valence-corrected chi connectivity index (χ2v) is 4.19. The highest BCUT2D eigenvalue weighted by Gasteiger charge is 2.00. The summed E-state index contributed by atoms with van der Waals surface area (Å²) >= 11 is 3.30. The van der Waals surface area contributed by atoms with Crippen LogP contribution in [0.5, 0.6) is 11.5 Å². The van der Waals surface area contributed by atoms with Gasteiger partial charge >= 0.3 is 0 Å². The molecule has 18 heavy (non-hydrogen) atoms. The molecule has 4 nitrogen and oxygen atoms in total. The average Bonchev–Trinajstić information content (AvgIpc) is 2.81. The van der Waals surface area contributed by atoms with Crippen molar-refractivity contribution >= 4 is 15.9 Å². The first-order valence-electron chi connectivity index (χ1n) is 5.17. The number of nitrogens with zero attached hydrogens (tertiary/aromatic N) is 1. The van der Waals surface area contributed by atoms with Crippen molar-refractivity contribution in [3.05, 3.63) is 40.1 Å². The van der Waals surface area contributed by atoms with E-state index in [0.29, 0.717) is 16.1 Å². The molecule has 5 heteroatoms. The zero-order valence-corrected chi connectivity index (χ0v) is 11.5. The lowest BCUT2D eigenvalue weighted by molar-refractivity contribution is 0.394. The Bertz CT molecular complexity index is 589. The van der Waals surface area contributed by atoms with E-state index >= 15 is 0 Å². The summed E-state index contributed by atoms with van der Waals surface area (Å²) in [5.41, 5.74) is 1.62. The fourth-order valence-electron chi connectivity index (χ4n) is 1.38. The zero-order chi connectivity index (χ0) is 13.0. The first kappa shape index (κ1) is 12.5. The molecule has 2 rings (SSSR count). The Labute approximate surface area is 113 Å². The van der Waals surface area contributed by atoms with Crippen LogP contribution in [0.3, 0.4) is 0 Å². The molecular weight excluding hydrogens is 296 g/mol. The lowest BCUT2D eigenvalue weighted by Gasteiger charge is -2.04. The van der Waals surface area contributed by atoms with Crippen LogP contribution in [0.15, 0.2) is 29.0 Å². The molecule has 0 atom stereocenters. The molecule has 0 saturated carbocycles. The maximum absolute atomic E-state index is 5.18. The van der Waals surface area contributed by atoms with E-state index in [4.69, 9.17) is 9.47 Å². The molecule has 0 radical (unpaired) electrons. The molecule has 0 bridgehead atoms. The Morgan fingerprint density at radius 2 is 1.78 bits per heavy atom. The topological polar surface area (TPSA) is 47.1 Å². The Morgan fingerprint density at radius 3 is 2.28 bits per heavy atom. The van der Waals surface area contributed by atoms with Gasteiger partial charge < -0.3 is 9.47 Å². The van der Waals surface area contributed by atoms with Crippen molar-refractivity contribution in [2.45, 2.75) is 0 Å². The second-order valence-electron chi connectivity index (χ2n) is 3.44. The Morgan fingerprint density at radius 1 is 1.11 bits per heavy atom. The molecule has 1 aromatic carbocycles. The molecule has 1 heterocycles. The quantitative estimate of drug-likeness (QED) is 0.868. The van der Waals surface area contributed by atoms with Crippen molar-refractivity contribution in [3.63, 3.8) is 0 Å². The summed E-state index contributed by atoms with van der Waals surface area (Å²) in [6.45, 7) is 0. The number of hydrogen-bond donors (Lipinski definition) is 1. The Balaban J connectivity index is 2.34. The predicted octanol–water partition coefficient (Wildman–Crippen LogP) is 2.59. The van der Waals surface area contributed by atoms with Gasteiger partial charge in [0, 0.05) is 17.8 Å². The van der Waals surface area contributed by atoms with Gasteiger partial charge in [0.25, 0.3) is 0 Å². The summed E-state index contributed by atoms with van der Waals surface area (Å²) in [5, 5.41) is 6.67. The number of aromatic nitrogens is 2. The third kappa shape index (κ3) is 2.84. The van der Waals surface area contributed by atoms with E-state index in [2.05, 4.69) is 38.0 Å². The molecule has 0 unspecified atom stereocenters. The van der Waals surface area contributed by atoms with E-state index in [1.165, 1.54) is 0 Å². The fraction of sp³-hybridized carbons (Fsp3) is 0.154. The molecule has 0 aliphatic carbocycles. The standard InChI is InChI=1S/C13H11BrN2O2/c1-17-11-5-9(6-12(7-11)18-2)3-4-10-8-15-16-13(10)14/h5-8H,1-2H3,(H,15,16). The van der Waals surface area contributed by atoms with Crippen LogP contribution >= 0.6 is 15.9 Å². The monoisotopic (exact) mass is 306 g/mol. The number of H-pyrrole nitrogens is 1. The lowest BCUT2D eigenvalue weighted by atomic mass is 10.2. The van der Waals surface area contributed by atoms with Gasteiger partial charge in [-0.15, -0.1) is 0 Å². The maximum atomic E-state index is 5.18. The summed E-state index contributed by atoms with van der Waals surface area (Å²) < 4.78 is 11.1. The third-order valence-electron chi connectivity index (χ3n) is 2.29. The molecule has 2 aromatic rings. The van der Waals surface area contributed by atoms with Gasteiger partial charge in [-0.05, 0) is 28.1 Å². The number of halogens is 1. The lowest BCUT2D eigenvalue weighted by Crippen LogP contribution is -1.88. The average molecular weight is 307 g/mol. The van der Waals surface area contributed by atoms with Crippen molar-refractivity contribution in [2.75, 3.05) is 14.2 Å². The van der Waals surface area contributed by atoms with Crippen LogP contribution in [0, 0.1) is 11.8 Å². The van der Waals surface area contributed by atoms with Crippen LogP contribution in [0.1, 0.15) is 11.1 Å². The SMILES string of the molecule is COc1cc(C#Cc2c[nH]nc2Br)cc(OC)c1. The fourth-order valence-corrected chi connectivity index (χ4v) is 1.70. The highest BCUT2D eigenvalue weighted by molar-refractivity contribution is 9.10. The van der Waals surface area contributed by atoms with Crippen LogP contribution < -0.4 is 9.47 Å². The van der Waals surface area contributed by atoms with Crippen LogP contribution in [0.25, 0.3) is 0 Å². The Kier molecular flexibility index (Phi) is 3.90. The summed E-state index contributed by atoms with van der Waals surface area (Å²) in [7, 11) is 3.22. The molecule has 1 N–H and O–H groups in total. The first-order chi connectivity index (χ1) is 8.72. The molecule has 92 valence electrons. The zero-order valence-electron chi connectivity index (χ0n) is 9.95. The second kappa shape index (κ2) is 5.61. The minimum Gasteiger partial charge on any atom is -0.497 e.